The Bertz CT molecular complexity index is 499. The lowest BCUT2D eigenvalue weighted by Gasteiger charge is -2.26. The third kappa shape index (κ3) is 5.06. The van der Waals surface area contributed by atoms with Gasteiger partial charge >= 0.3 is 5.97 Å². The minimum absolute atomic E-state index is 0.0425. The topological polar surface area (TPSA) is 75.6 Å². The zero-order chi connectivity index (χ0) is 16.0. The molecular weight excluding hydrogens is 277 g/mol. The number of carboxylic acid groups (broad SMARTS) is 1. The number of ether oxygens (including phenoxy) is 1. The molecule has 0 heterocycles. The maximum absolute atomic E-state index is 12.8. The second-order valence-corrected chi connectivity index (χ2v) is 5.22. The van der Waals surface area contributed by atoms with Crippen LogP contribution in [-0.4, -0.2) is 29.1 Å². The van der Waals surface area contributed by atoms with Crippen LogP contribution in [0.3, 0.4) is 0 Å². The van der Waals surface area contributed by atoms with Crippen molar-refractivity contribution in [3.63, 3.8) is 0 Å². The molecule has 0 saturated heterocycles. The van der Waals surface area contributed by atoms with E-state index in [1.54, 1.807) is 20.8 Å². The lowest BCUT2D eigenvalue weighted by Crippen LogP contribution is -2.48. The molecule has 1 aromatic carbocycles. The molecule has 2 N–H and O–H groups in total. The van der Waals surface area contributed by atoms with Crippen LogP contribution in [-0.2, 0) is 9.59 Å². The zero-order valence-corrected chi connectivity index (χ0v) is 12.4. The van der Waals surface area contributed by atoms with Crippen LogP contribution in [0.4, 0.5) is 4.39 Å². The Hall–Kier alpha value is -2.11. The van der Waals surface area contributed by atoms with Crippen LogP contribution in [0.15, 0.2) is 24.3 Å². The van der Waals surface area contributed by atoms with Gasteiger partial charge in [-0.15, -0.1) is 0 Å². The summed E-state index contributed by atoms with van der Waals surface area (Å²) in [7, 11) is 0. The van der Waals surface area contributed by atoms with E-state index in [1.807, 2.05) is 0 Å². The van der Waals surface area contributed by atoms with Crippen molar-refractivity contribution in [2.75, 3.05) is 6.54 Å². The summed E-state index contributed by atoms with van der Waals surface area (Å²) < 4.78 is 18.3. The Morgan fingerprint density at radius 3 is 2.38 bits per heavy atom. The minimum Gasteiger partial charge on any atom is -0.481 e. The fourth-order valence-corrected chi connectivity index (χ4v) is 1.68. The Kier molecular flexibility index (Phi) is 5.69. The van der Waals surface area contributed by atoms with Crippen LogP contribution in [0, 0.1) is 11.7 Å². The minimum atomic E-state index is -1.19. The first-order valence-corrected chi connectivity index (χ1v) is 6.72. The molecule has 0 aliphatic rings. The van der Waals surface area contributed by atoms with E-state index in [2.05, 4.69) is 5.32 Å². The van der Waals surface area contributed by atoms with E-state index in [9.17, 15) is 14.0 Å². The number of carbonyl (C=O) groups is 2. The van der Waals surface area contributed by atoms with Gasteiger partial charge in [-0.05, 0) is 44.5 Å². The van der Waals surface area contributed by atoms with Crippen LogP contribution in [0.5, 0.6) is 5.75 Å². The molecule has 6 heteroatoms. The summed E-state index contributed by atoms with van der Waals surface area (Å²) in [6.45, 7) is 4.91. The quantitative estimate of drug-likeness (QED) is 0.809. The first-order valence-electron chi connectivity index (χ1n) is 6.72. The molecule has 1 atom stereocenters. The van der Waals surface area contributed by atoms with E-state index >= 15 is 0 Å². The summed E-state index contributed by atoms with van der Waals surface area (Å²) >= 11 is 0. The Morgan fingerprint density at radius 1 is 1.33 bits per heavy atom. The third-order valence-corrected chi connectivity index (χ3v) is 3.08. The predicted octanol–water partition coefficient (Wildman–Crippen LogP) is 2.21. The molecular formula is C15H20FNO4. The number of nitrogens with one attached hydrogen (secondary N) is 1. The maximum atomic E-state index is 12.8. The van der Waals surface area contributed by atoms with Crippen molar-refractivity contribution < 1.29 is 23.8 Å². The van der Waals surface area contributed by atoms with Crippen LogP contribution in [0.1, 0.15) is 27.2 Å². The van der Waals surface area contributed by atoms with E-state index in [4.69, 9.17) is 9.84 Å². The van der Waals surface area contributed by atoms with Gasteiger partial charge in [0.15, 0.2) is 5.60 Å². The molecule has 0 saturated carbocycles. The molecule has 0 aliphatic carbocycles. The van der Waals surface area contributed by atoms with Gasteiger partial charge in [0.2, 0.25) is 0 Å². The van der Waals surface area contributed by atoms with Gasteiger partial charge in [-0.2, -0.15) is 0 Å². The third-order valence-electron chi connectivity index (χ3n) is 3.08. The number of hydrogen-bond acceptors (Lipinski definition) is 3. The number of rotatable bonds is 7. The lowest BCUT2D eigenvalue weighted by molar-refractivity contribution is -0.142. The fraction of sp³-hybridized carbons (Fsp3) is 0.467. The van der Waals surface area contributed by atoms with E-state index < -0.39 is 29.2 Å². The van der Waals surface area contributed by atoms with Crippen molar-refractivity contribution in [3.8, 4) is 5.75 Å². The second-order valence-electron chi connectivity index (χ2n) is 5.22. The normalized spacial score (nSPS) is 12.6. The molecule has 1 aromatic rings. The average molecular weight is 297 g/mol. The van der Waals surface area contributed by atoms with Crippen molar-refractivity contribution in [1.29, 1.82) is 0 Å². The molecule has 1 rings (SSSR count). The SMILES string of the molecule is CCC(CNC(=O)C(C)(C)Oc1ccc(F)cc1)C(=O)O. The Labute approximate surface area is 123 Å². The average Bonchev–Trinajstić information content (AvgIpc) is 2.41. The van der Waals surface area contributed by atoms with Crippen LogP contribution >= 0.6 is 0 Å². The van der Waals surface area contributed by atoms with E-state index in [1.165, 1.54) is 24.3 Å². The highest BCUT2D eigenvalue weighted by Gasteiger charge is 2.30. The summed E-state index contributed by atoms with van der Waals surface area (Å²) in [5.41, 5.74) is -1.19. The molecule has 0 aromatic heterocycles. The monoisotopic (exact) mass is 297 g/mol. The maximum Gasteiger partial charge on any atom is 0.308 e. The smallest absolute Gasteiger partial charge is 0.308 e. The second kappa shape index (κ2) is 7.06. The van der Waals surface area contributed by atoms with Crippen molar-refractivity contribution in [2.24, 2.45) is 5.92 Å². The van der Waals surface area contributed by atoms with Gasteiger partial charge in [0.25, 0.3) is 5.91 Å². The molecule has 5 nitrogen and oxygen atoms in total. The van der Waals surface area contributed by atoms with Gasteiger partial charge in [-0.1, -0.05) is 6.92 Å². The fourth-order valence-electron chi connectivity index (χ4n) is 1.68. The predicted molar refractivity (Wildman–Crippen MR) is 75.5 cm³/mol. The number of aliphatic carboxylic acids is 1. The molecule has 0 spiro atoms. The number of benzene rings is 1. The van der Waals surface area contributed by atoms with Gasteiger partial charge in [0.1, 0.15) is 11.6 Å². The van der Waals surface area contributed by atoms with Crippen LogP contribution in [0.2, 0.25) is 0 Å². The first-order chi connectivity index (χ1) is 9.76. The molecule has 21 heavy (non-hydrogen) atoms. The van der Waals surface area contributed by atoms with E-state index in [0.717, 1.165) is 0 Å². The number of amides is 1. The van der Waals surface area contributed by atoms with Crippen molar-refractivity contribution in [3.05, 3.63) is 30.1 Å². The summed E-state index contributed by atoms with van der Waals surface area (Å²) in [5, 5.41) is 11.5. The molecule has 1 amide bonds. The lowest BCUT2D eigenvalue weighted by atomic mass is 10.1. The summed E-state index contributed by atoms with van der Waals surface area (Å²) in [6, 6.07) is 5.33. The summed E-state index contributed by atoms with van der Waals surface area (Å²) in [5.74, 6) is -2.03. The number of carboxylic acids is 1. The van der Waals surface area contributed by atoms with Crippen LogP contribution in [0.25, 0.3) is 0 Å². The van der Waals surface area contributed by atoms with Gasteiger partial charge in [0, 0.05) is 6.54 Å². The highest BCUT2D eigenvalue weighted by molar-refractivity contribution is 5.85. The van der Waals surface area contributed by atoms with Crippen molar-refractivity contribution in [1.82, 2.24) is 5.32 Å². The standard InChI is InChI=1S/C15H20FNO4/c1-4-10(13(18)19)9-17-14(20)15(2,3)21-12-7-5-11(16)6-8-12/h5-8,10H,4,9H2,1-3H3,(H,17,20)(H,18,19). The number of hydrogen-bond donors (Lipinski definition) is 2. The van der Waals surface area contributed by atoms with E-state index in [-0.39, 0.29) is 6.54 Å². The summed E-state index contributed by atoms with van der Waals surface area (Å²) in [4.78, 5) is 23.0. The van der Waals surface area contributed by atoms with Gasteiger partial charge in [0.05, 0.1) is 5.92 Å². The summed E-state index contributed by atoms with van der Waals surface area (Å²) in [6.07, 6.45) is 0.425. The molecule has 0 bridgehead atoms. The zero-order valence-electron chi connectivity index (χ0n) is 12.4. The Morgan fingerprint density at radius 2 is 1.90 bits per heavy atom. The molecule has 0 aliphatic heterocycles. The highest BCUT2D eigenvalue weighted by atomic mass is 19.1. The Balaban J connectivity index is 2.62. The van der Waals surface area contributed by atoms with Crippen molar-refractivity contribution >= 4 is 11.9 Å². The van der Waals surface area contributed by atoms with Gasteiger partial charge < -0.3 is 15.2 Å². The number of carbonyl (C=O) groups excluding carboxylic acids is 1. The number of halogens is 1. The highest BCUT2D eigenvalue weighted by Crippen LogP contribution is 2.19. The van der Waals surface area contributed by atoms with Gasteiger partial charge in [-0.3, -0.25) is 9.59 Å². The van der Waals surface area contributed by atoms with Crippen molar-refractivity contribution in [2.45, 2.75) is 32.8 Å². The molecule has 1 unspecified atom stereocenters. The largest absolute Gasteiger partial charge is 0.481 e. The molecule has 116 valence electrons. The van der Waals surface area contributed by atoms with E-state index in [0.29, 0.717) is 12.2 Å². The van der Waals surface area contributed by atoms with Crippen LogP contribution < -0.4 is 10.1 Å². The van der Waals surface area contributed by atoms with Gasteiger partial charge in [-0.25, -0.2) is 4.39 Å². The molecule has 0 radical (unpaired) electrons. The molecule has 0 fully saturated rings. The first kappa shape index (κ1) is 16.9.